The molecule has 8 heteroatoms. The zero-order chi connectivity index (χ0) is 14.0. The maximum Gasteiger partial charge on any atom is 0.245 e. The Morgan fingerprint density at radius 3 is 2.89 bits per heavy atom. The Morgan fingerprint density at radius 2 is 2.37 bits per heavy atom. The zero-order valence-corrected chi connectivity index (χ0v) is 12.0. The van der Waals surface area contributed by atoms with Crippen molar-refractivity contribution in [3.8, 4) is 0 Å². The van der Waals surface area contributed by atoms with Crippen LogP contribution in [0.15, 0.2) is 11.1 Å². The second-order valence-electron chi connectivity index (χ2n) is 4.92. The fraction of sp³-hybridized carbons (Fsp3) is 0.727. The first-order valence-electron chi connectivity index (χ1n) is 6.36. The molecule has 1 aromatic rings. The number of nitrogen functional groups attached to an aromatic ring is 1. The fourth-order valence-corrected chi connectivity index (χ4v) is 3.18. The predicted molar refractivity (Wildman–Crippen MR) is 71.2 cm³/mol. The van der Waals surface area contributed by atoms with E-state index in [1.54, 1.807) is 0 Å². The molecule has 1 aliphatic heterocycles. The maximum atomic E-state index is 12.1. The van der Waals surface area contributed by atoms with Gasteiger partial charge in [-0.3, -0.25) is 0 Å². The van der Waals surface area contributed by atoms with Crippen molar-refractivity contribution in [2.75, 3.05) is 18.9 Å². The number of ether oxygens (including phenoxy) is 1. The first-order chi connectivity index (χ1) is 8.92. The van der Waals surface area contributed by atoms with Gasteiger partial charge < -0.3 is 10.5 Å². The molecule has 2 heterocycles. The van der Waals surface area contributed by atoms with Crippen molar-refractivity contribution in [3.63, 3.8) is 0 Å². The predicted octanol–water partition coefficient (Wildman–Crippen LogP) is 0.503. The van der Waals surface area contributed by atoms with Crippen LogP contribution in [0.25, 0.3) is 0 Å². The highest BCUT2D eigenvalue weighted by molar-refractivity contribution is 7.89. The van der Waals surface area contributed by atoms with Crippen LogP contribution < -0.4 is 10.5 Å². The SMILES string of the molecule is CC(C)n1ncc(S(=O)(=O)NCC2CCCO2)c1N. The minimum Gasteiger partial charge on any atom is -0.383 e. The zero-order valence-electron chi connectivity index (χ0n) is 11.2. The quantitative estimate of drug-likeness (QED) is 0.822. The van der Waals surface area contributed by atoms with Gasteiger partial charge in [-0.15, -0.1) is 0 Å². The molecule has 0 aliphatic carbocycles. The van der Waals surface area contributed by atoms with Gasteiger partial charge in [-0.2, -0.15) is 5.10 Å². The number of hydrogen-bond acceptors (Lipinski definition) is 5. The van der Waals surface area contributed by atoms with Crippen molar-refractivity contribution in [2.24, 2.45) is 0 Å². The highest BCUT2D eigenvalue weighted by atomic mass is 32.2. The highest BCUT2D eigenvalue weighted by Gasteiger charge is 2.24. The van der Waals surface area contributed by atoms with Gasteiger partial charge in [-0.1, -0.05) is 0 Å². The number of nitrogens with one attached hydrogen (secondary N) is 1. The minimum atomic E-state index is -3.63. The Bertz CT molecular complexity index is 532. The molecule has 1 fully saturated rings. The Kier molecular flexibility index (Phi) is 4.12. The van der Waals surface area contributed by atoms with E-state index in [4.69, 9.17) is 10.5 Å². The molecule has 108 valence electrons. The number of hydrogen-bond donors (Lipinski definition) is 2. The Labute approximate surface area is 113 Å². The monoisotopic (exact) mass is 288 g/mol. The summed E-state index contributed by atoms with van der Waals surface area (Å²) in [6.45, 7) is 4.74. The smallest absolute Gasteiger partial charge is 0.245 e. The van der Waals surface area contributed by atoms with Gasteiger partial charge in [0.2, 0.25) is 10.0 Å². The molecule has 1 aromatic heterocycles. The summed E-state index contributed by atoms with van der Waals surface area (Å²) in [4.78, 5) is 0.0270. The molecule has 2 rings (SSSR count). The van der Waals surface area contributed by atoms with Gasteiger partial charge >= 0.3 is 0 Å². The third kappa shape index (κ3) is 3.07. The lowest BCUT2D eigenvalue weighted by molar-refractivity contribution is 0.114. The summed E-state index contributed by atoms with van der Waals surface area (Å²) in [5, 5.41) is 4.00. The van der Waals surface area contributed by atoms with E-state index in [0.29, 0.717) is 6.61 Å². The average Bonchev–Trinajstić information content (AvgIpc) is 2.95. The topological polar surface area (TPSA) is 99.2 Å². The Morgan fingerprint density at radius 1 is 1.63 bits per heavy atom. The third-order valence-corrected chi connectivity index (χ3v) is 4.54. The fourth-order valence-electron chi connectivity index (χ4n) is 2.06. The molecule has 0 radical (unpaired) electrons. The van der Waals surface area contributed by atoms with E-state index in [1.807, 2.05) is 13.8 Å². The van der Waals surface area contributed by atoms with Crippen LogP contribution in [-0.2, 0) is 14.8 Å². The summed E-state index contributed by atoms with van der Waals surface area (Å²) < 4.78 is 33.7. The standard InChI is InChI=1S/C11H20N4O3S/c1-8(2)15-11(12)10(7-13-15)19(16,17)14-6-9-4-3-5-18-9/h7-9,14H,3-6,12H2,1-2H3. The summed E-state index contributed by atoms with van der Waals surface area (Å²) in [5.74, 6) is 0.162. The van der Waals surface area contributed by atoms with E-state index in [0.717, 1.165) is 12.8 Å². The Hall–Kier alpha value is -1.12. The molecule has 1 unspecified atom stereocenters. The van der Waals surface area contributed by atoms with E-state index in [2.05, 4.69) is 9.82 Å². The van der Waals surface area contributed by atoms with Crippen molar-refractivity contribution in [1.29, 1.82) is 0 Å². The molecule has 0 saturated carbocycles. The lowest BCUT2D eigenvalue weighted by atomic mass is 10.2. The van der Waals surface area contributed by atoms with Crippen LogP contribution in [0, 0.1) is 0 Å². The van der Waals surface area contributed by atoms with Crippen molar-refractivity contribution in [3.05, 3.63) is 6.20 Å². The highest BCUT2D eigenvalue weighted by Crippen LogP contribution is 2.21. The summed E-state index contributed by atoms with van der Waals surface area (Å²) in [7, 11) is -3.63. The molecular formula is C11H20N4O3S. The van der Waals surface area contributed by atoms with Gasteiger partial charge in [0.15, 0.2) is 0 Å². The van der Waals surface area contributed by atoms with Gasteiger partial charge in [-0.05, 0) is 26.7 Å². The number of nitrogens with two attached hydrogens (primary N) is 1. The summed E-state index contributed by atoms with van der Waals surface area (Å²) in [6.07, 6.45) is 3.09. The van der Waals surface area contributed by atoms with Gasteiger partial charge in [-0.25, -0.2) is 17.8 Å². The van der Waals surface area contributed by atoms with E-state index < -0.39 is 10.0 Å². The van der Waals surface area contributed by atoms with Gasteiger partial charge in [0.05, 0.1) is 12.3 Å². The maximum absolute atomic E-state index is 12.1. The largest absolute Gasteiger partial charge is 0.383 e. The number of sulfonamides is 1. The summed E-state index contributed by atoms with van der Waals surface area (Å²) in [5.41, 5.74) is 5.82. The molecule has 1 aliphatic rings. The normalized spacial score (nSPS) is 20.3. The van der Waals surface area contributed by atoms with E-state index in [-0.39, 0.29) is 29.4 Å². The third-order valence-electron chi connectivity index (χ3n) is 3.10. The second kappa shape index (κ2) is 5.48. The molecule has 19 heavy (non-hydrogen) atoms. The van der Waals surface area contributed by atoms with Crippen molar-refractivity contribution in [1.82, 2.24) is 14.5 Å². The molecule has 7 nitrogen and oxygen atoms in total. The van der Waals surface area contributed by atoms with Crippen LogP contribution in [0.1, 0.15) is 32.7 Å². The first-order valence-corrected chi connectivity index (χ1v) is 7.84. The number of aromatic nitrogens is 2. The van der Waals surface area contributed by atoms with E-state index in [1.165, 1.54) is 10.9 Å². The van der Waals surface area contributed by atoms with Crippen LogP contribution in [-0.4, -0.2) is 37.5 Å². The van der Waals surface area contributed by atoms with E-state index >= 15 is 0 Å². The van der Waals surface area contributed by atoms with E-state index in [9.17, 15) is 8.42 Å². The van der Waals surface area contributed by atoms with Gasteiger partial charge in [0, 0.05) is 19.2 Å². The molecular weight excluding hydrogens is 268 g/mol. The van der Waals surface area contributed by atoms with Crippen LogP contribution in [0.4, 0.5) is 5.82 Å². The molecule has 0 spiro atoms. The average molecular weight is 288 g/mol. The number of nitrogens with zero attached hydrogens (tertiary/aromatic N) is 2. The van der Waals surface area contributed by atoms with Crippen molar-refractivity contribution >= 4 is 15.8 Å². The lowest BCUT2D eigenvalue weighted by Gasteiger charge is -2.12. The molecule has 1 atom stereocenters. The van der Waals surface area contributed by atoms with Gasteiger partial charge in [0.25, 0.3) is 0 Å². The van der Waals surface area contributed by atoms with Crippen molar-refractivity contribution in [2.45, 2.75) is 43.7 Å². The first kappa shape index (κ1) is 14.3. The molecule has 3 N–H and O–H groups in total. The molecule has 1 saturated heterocycles. The van der Waals surface area contributed by atoms with Crippen LogP contribution in [0.3, 0.4) is 0 Å². The van der Waals surface area contributed by atoms with Crippen LogP contribution in [0.2, 0.25) is 0 Å². The second-order valence-corrected chi connectivity index (χ2v) is 6.65. The molecule has 0 aromatic carbocycles. The molecule has 0 bridgehead atoms. The van der Waals surface area contributed by atoms with Crippen LogP contribution >= 0.6 is 0 Å². The Balaban J connectivity index is 2.10. The van der Waals surface area contributed by atoms with Crippen LogP contribution in [0.5, 0.6) is 0 Å². The molecule has 0 amide bonds. The number of rotatable bonds is 5. The van der Waals surface area contributed by atoms with Gasteiger partial charge in [0.1, 0.15) is 10.7 Å². The number of anilines is 1. The summed E-state index contributed by atoms with van der Waals surface area (Å²) in [6, 6.07) is 0.0158. The lowest BCUT2D eigenvalue weighted by Crippen LogP contribution is -2.32. The summed E-state index contributed by atoms with van der Waals surface area (Å²) >= 11 is 0. The van der Waals surface area contributed by atoms with Crippen molar-refractivity contribution < 1.29 is 13.2 Å². The minimum absolute atomic E-state index is 0.0158.